The van der Waals surface area contributed by atoms with Crippen LogP contribution in [-0.2, 0) is 20.7 Å². The van der Waals surface area contributed by atoms with Gasteiger partial charge in [-0.1, -0.05) is 17.8 Å². The molecule has 0 amide bonds. The van der Waals surface area contributed by atoms with Gasteiger partial charge >= 0.3 is 0 Å². The molecule has 94 valence electrons. The molecule has 0 spiro atoms. The van der Waals surface area contributed by atoms with E-state index in [1.165, 1.54) is 0 Å². The van der Waals surface area contributed by atoms with Crippen molar-refractivity contribution in [1.82, 2.24) is 0 Å². The molecule has 1 atom stereocenters. The van der Waals surface area contributed by atoms with Gasteiger partial charge in [0.2, 0.25) is 0 Å². The fourth-order valence-corrected chi connectivity index (χ4v) is 3.21. The topological polar surface area (TPSA) is 52.6 Å². The summed E-state index contributed by atoms with van der Waals surface area (Å²) in [6, 6.07) is 5.87. The van der Waals surface area contributed by atoms with Crippen molar-refractivity contribution in [1.29, 1.82) is 0 Å². The molecule has 0 saturated heterocycles. The predicted octanol–water partition coefficient (Wildman–Crippen LogP) is 2.04. The predicted molar refractivity (Wildman–Crippen MR) is 66.9 cm³/mol. The van der Waals surface area contributed by atoms with Crippen molar-refractivity contribution >= 4 is 21.9 Å². The first-order valence-electron chi connectivity index (χ1n) is 5.21. The van der Waals surface area contributed by atoms with Gasteiger partial charge in [-0.3, -0.25) is 4.18 Å². The maximum Gasteiger partial charge on any atom is 0.264 e. The molecule has 0 bridgehead atoms. The second-order valence-electron chi connectivity index (χ2n) is 4.00. The van der Waals surface area contributed by atoms with Crippen LogP contribution in [-0.4, -0.2) is 26.7 Å². The summed E-state index contributed by atoms with van der Waals surface area (Å²) in [5.41, 5.74) is 1.05. The monoisotopic (exact) mass is 274 g/mol. The number of thioether (sulfide) groups is 1. The summed E-state index contributed by atoms with van der Waals surface area (Å²) >= 11 is 1.64. The summed E-state index contributed by atoms with van der Waals surface area (Å²) in [4.78, 5) is 1.11. The Bertz CT molecular complexity index is 510. The zero-order chi connectivity index (χ0) is 12.5. The summed E-state index contributed by atoms with van der Waals surface area (Å²) in [6.45, 7) is 1.75. The highest BCUT2D eigenvalue weighted by molar-refractivity contribution is 7.99. The maximum absolute atomic E-state index is 11.0. The molecule has 6 heteroatoms. The highest BCUT2D eigenvalue weighted by Gasteiger charge is 2.15. The van der Waals surface area contributed by atoms with Crippen molar-refractivity contribution in [2.75, 3.05) is 12.2 Å². The van der Waals surface area contributed by atoms with Gasteiger partial charge in [-0.25, -0.2) is 0 Å². The molecule has 1 aliphatic rings. The minimum Gasteiger partial charge on any atom is -0.481 e. The molecular weight excluding hydrogens is 260 g/mol. The van der Waals surface area contributed by atoms with Gasteiger partial charge in [0.1, 0.15) is 11.7 Å². The lowest BCUT2D eigenvalue weighted by atomic mass is 10.1. The van der Waals surface area contributed by atoms with Crippen molar-refractivity contribution in [3.63, 3.8) is 0 Å². The average molecular weight is 274 g/mol. The number of ether oxygens (including phenoxy) is 1. The second-order valence-corrected chi connectivity index (χ2v) is 6.57. The first-order chi connectivity index (χ1) is 7.94. The molecule has 0 N–H and O–H groups in total. The SMILES string of the molecule is CC(Cc1ccc2c(c1)SCO2)OS(C)(=O)=O. The highest BCUT2D eigenvalue weighted by Crippen LogP contribution is 2.36. The van der Waals surface area contributed by atoms with E-state index >= 15 is 0 Å². The van der Waals surface area contributed by atoms with E-state index in [2.05, 4.69) is 0 Å². The van der Waals surface area contributed by atoms with E-state index < -0.39 is 10.1 Å². The van der Waals surface area contributed by atoms with E-state index in [1.807, 2.05) is 18.2 Å². The second kappa shape index (κ2) is 4.88. The normalized spacial score (nSPS) is 16.4. The molecule has 4 nitrogen and oxygen atoms in total. The Morgan fingerprint density at radius 2 is 2.29 bits per heavy atom. The Kier molecular flexibility index (Phi) is 3.65. The van der Waals surface area contributed by atoms with Crippen LogP contribution in [0, 0.1) is 0 Å². The minimum absolute atomic E-state index is 0.352. The van der Waals surface area contributed by atoms with Gasteiger partial charge in [-0.15, -0.1) is 0 Å². The number of benzene rings is 1. The zero-order valence-corrected chi connectivity index (χ0v) is 11.3. The number of fused-ring (bicyclic) bond motifs is 1. The fourth-order valence-electron chi connectivity index (χ4n) is 1.73. The standard InChI is InChI=1S/C11H14O4S2/c1-8(15-17(2,12)13)5-9-3-4-10-11(6-9)16-7-14-10/h3-4,6,8H,5,7H2,1-2H3. The van der Waals surface area contributed by atoms with Crippen LogP contribution in [0.25, 0.3) is 0 Å². The van der Waals surface area contributed by atoms with Gasteiger partial charge in [0.05, 0.1) is 17.3 Å². The van der Waals surface area contributed by atoms with Crippen LogP contribution in [0.3, 0.4) is 0 Å². The third-order valence-corrected chi connectivity index (χ3v) is 3.84. The molecule has 1 unspecified atom stereocenters. The third kappa shape index (κ3) is 3.62. The lowest BCUT2D eigenvalue weighted by molar-refractivity contribution is 0.231. The van der Waals surface area contributed by atoms with Crippen molar-refractivity contribution in [2.45, 2.75) is 24.3 Å². The highest BCUT2D eigenvalue weighted by atomic mass is 32.2. The van der Waals surface area contributed by atoms with Crippen molar-refractivity contribution < 1.29 is 17.3 Å². The van der Waals surface area contributed by atoms with E-state index in [9.17, 15) is 8.42 Å². The number of hydrogen-bond acceptors (Lipinski definition) is 5. The smallest absolute Gasteiger partial charge is 0.264 e. The zero-order valence-electron chi connectivity index (χ0n) is 9.67. The Balaban J connectivity index is 2.04. The summed E-state index contributed by atoms with van der Waals surface area (Å²) in [5.74, 6) is 1.55. The molecule has 0 radical (unpaired) electrons. The molecule has 0 fully saturated rings. The van der Waals surface area contributed by atoms with Crippen LogP contribution in [0.15, 0.2) is 23.1 Å². The molecule has 1 aliphatic heterocycles. The molecule has 2 rings (SSSR count). The van der Waals surface area contributed by atoms with Crippen LogP contribution in [0.5, 0.6) is 5.75 Å². The summed E-state index contributed by atoms with van der Waals surface area (Å²) in [6.07, 6.45) is 1.28. The summed E-state index contributed by atoms with van der Waals surface area (Å²) in [5, 5.41) is 0. The van der Waals surface area contributed by atoms with Crippen LogP contribution in [0.2, 0.25) is 0 Å². The van der Waals surface area contributed by atoms with Crippen molar-refractivity contribution in [3.05, 3.63) is 23.8 Å². The van der Waals surface area contributed by atoms with Gasteiger partial charge in [0.25, 0.3) is 10.1 Å². The molecule has 1 aromatic rings. The molecule has 1 heterocycles. The molecular formula is C11H14O4S2. The van der Waals surface area contributed by atoms with Crippen molar-refractivity contribution in [3.8, 4) is 5.75 Å². The van der Waals surface area contributed by atoms with E-state index in [1.54, 1.807) is 18.7 Å². The average Bonchev–Trinajstić information content (AvgIpc) is 2.61. The van der Waals surface area contributed by atoms with E-state index in [-0.39, 0.29) is 6.10 Å². The fraction of sp³-hybridized carbons (Fsp3) is 0.455. The Morgan fingerprint density at radius 3 is 3.00 bits per heavy atom. The van der Waals surface area contributed by atoms with Gasteiger partial charge in [-0.05, 0) is 31.0 Å². The Morgan fingerprint density at radius 1 is 1.53 bits per heavy atom. The first-order valence-corrected chi connectivity index (χ1v) is 8.01. The Labute approximate surface area is 105 Å². The minimum atomic E-state index is -3.38. The number of rotatable bonds is 4. The third-order valence-electron chi connectivity index (χ3n) is 2.30. The first kappa shape index (κ1) is 12.7. The maximum atomic E-state index is 11.0. The van der Waals surface area contributed by atoms with E-state index in [0.29, 0.717) is 12.4 Å². The van der Waals surface area contributed by atoms with Gasteiger partial charge in [0.15, 0.2) is 0 Å². The largest absolute Gasteiger partial charge is 0.481 e. The summed E-state index contributed by atoms with van der Waals surface area (Å²) in [7, 11) is -3.38. The molecule has 0 aromatic heterocycles. The van der Waals surface area contributed by atoms with Gasteiger partial charge in [-0.2, -0.15) is 8.42 Å². The van der Waals surface area contributed by atoms with Gasteiger partial charge in [0, 0.05) is 0 Å². The van der Waals surface area contributed by atoms with Crippen LogP contribution in [0.1, 0.15) is 12.5 Å². The lowest BCUT2D eigenvalue weighted by Crippen LogP contribution is -2.16. The quantitative estimate of drug-likeness (QED) is 0.786. The van der Waals surface area contributed by atoms with E-state index in [4.69, 9.17) is 8.92 Å². The molecule has 0 aliphatic carbocycles. The van der Waals surface area contributed by atoms with Crippen molar-refractivity contribution in [2.24, 2.45) is 0 Å². The van der Waals surface area contributed by atoms with Crippen LogP contribution >= 0.6 is 11.8 Å². The summed E-state index contributed by atoms with van der Waals surface area (Å²) < 4.78 is 32.2. The van der Waals surface area contributed by atoms with Crippen LogP contribution < -0.4 is 4.74 Å². The molecule has 0 saturated carbocycles. The van der Waals surface area contributed by atoms with E-state index in [0.717, 1.165) is 22.5 Å². The lowest BCUT2D eigenvalue weighted by Gasteiger charge is -2.11. The number of hydrogen-bond donors (Lipinski definition) is 0. The molecule has 17 heavy (non-hydrogen) atoms. The molecule has 1 aromatic carbocycles. The Hall–Kier alpha value is -0.720. The van der Waals surface area contributed by atoms with Gasteiger partial charge < -0.3 is 4.74 Å². The van der Waals surface area contributed by atoms with Crippen LogP contribution in [0.4, 0.5) is 0 Å².